The highest BCUT2D eigenvalue weighted by Crippen LogP contribution is 2.20. The Labute approximate surface area is 125 Å². The Hall–Kier alpha value is -2.06. The van der Waals surface area contributed by atoms with Crippen LogP contribution in [0.25, 0.3) is 0 Å². The summed E-state index contributed by atoms with van der Waals surface area (Å²) < 4.78 is 7.66. The molecule has 2 aromatic rings. The first kappa shape index (κ1) is 14.4. The van der Waals surface area contributed by atoms with Gasteiger partial charge < -0.3 is 9.30 Å². The Morgan fingerprint density at radius 2 is 2.15 bits per heavy atom. The van der Waals surface area contributed by atoms with E-state index in [1.165, 1.54) is 7.11 Å². The lowest BCUT2D eigenvalue weighted by molar-refractivity contribution is 0.413. The number of pyridine rings is 1. The van der Waals surface area contributed by atoms with E-state index in [4.69, 9.17) is 10.00 Å². The molecule has 1 heterocycles. The van der Waals surface area contributed by atoms with Crippen molar-refractivity contribution in [3.8, 4) is 11.8 Å². The highest BCUT2D eigenvalue weighted by molar-refractivity contribution is 9.10. The van der Waals surface area contributed by atoms with Gasteiger partial charge in [-0.1, -0.05) is 6.07 Å². The van der Waals surface area contributed by atoms with Gasteiger partial charge in [-0.25, -0.2) is 0 Å². The summed E-state index contributed by atoms with van der Waals surface area (Å²) in [5.41, 5.74) is 2.03. The van der Waals surface area contributed by atoms with Gasteiger partial charge in [0.2, 0.25) is 0 Å². The second kappa shape index (κ2) is 5.93. The van der Waals surface area contributed by atoms with Crippen molar-refractivity contribution < 1.29 is 4.74 Å². The first-order chi connectivity index (χ1) is 9.55. The minimum absolute atomic E-state index is 0.0310. The second-order valence-corrected chi connectivity index (χ2v) is 5.34. The molecule has 0 spiro atoms. The van der Waals surface area contributed by atoms with Crippen molar-refractivity contribution in [1.29, 1.82) is 5.26 Å². The molecule has 1 aromatic carbocycles. The van der Waals surface area contributed by atoms with Crippen LogP contribution in [0.2, 0.25) is 0 Å². The molecule has 0 N–H and O–H groups in total. The lowest BCUT2D eigenvalue weighted by Gasteiger charge is -2.10. The molecule has 5 heteroatoms. The summed E-state index contributed by atoms with van der Waals surface area (Å²) in [6.45, 7) is 2.21. The molecule has 4 nitrogen and oxygen atoms in total. The number of hydrogen-bond acceptors (Lipinski definition) is 3. The van der Waals surface area contributed by atoms with E-state index in [-0.39, 0.29) is 5.56 Å². The summed E-state index contributed by atoms with van der Waals surface area (Å²) in [6.07, 6.45) is 1.75. The number of halogens is 1. The first-order valence-electron chi connectivity index (χ1n) is 5.98. The second-order valence-electron chi connectivity index (χ2n) is 4.42. The van der Waals surface area contributed by atoms with Crippen molar-refractivity contribution in [1.82, 2.24) is 4.57 Å². The molecule has 102 valence electrons. The zero-order valence-corrected chi connectivity index (χ0v) is 12.8. The summed E-state index contributed by atoms with van der Waals surface area (Å²) in [5.74, 6) is 0.518. The van der Waals surface area contributed by atoms with Crippen LogP contribution in [0.3, 0.4) is 0 Å². The number of ether oxygens (including phenoxy) is 1. The molecular formula is C15H13BrN2O2. The summed E-state index contributed by atoms with van der Waals surface area (Å²) in [6, 6.07) is 9.16. The van der Waals surface area contributed by atoms with Gasteiger partial charge in [-0.15, -0.1) is 0 Å². The average Bonchev–Trinajstić information content (AvgIpc) is 2.44. The van der Waals surface area contributed by atoms with E-state index in [0.717, 1.165) is 10.0 Å². The predicted octanol–water partition coefficient (Wildman–Crippen LogP) is 2.85. The van der Waals surface area contributed by atoms with Crippen molar-refractivity contribution >= 4 is 15.9 Å². The van der Waals surface area contributed by atoms with Crippen LogP contribution >= 0.6 is 15.9 Å². The largest absolute Gasteiger partial charge is 0.495 e. The fourth-order valence-electron chi connectivity index (χ4n) is 1.98. The Bertz CT molecular complexity index is 745. The number of benzene rings is 1. The van der Waals surface area contributed by atoms with Crippen LogP contribution in [0.15, 0.2) is 39.7 Å². The molecule has 0 unspecified atom stereocenters. The van der Waals surface area contributed by atoms with E-state index in [0.29, 0.717) is 23.4 Å². The number of aryl methyl sites for hydroxylation is 1. The van der Waals surface area contributed by atoms with Crippen molar-refractivity contribution in [3.63, 3.8) is 0 Å². The molecule has 0 aliphatic carbocycles. The monoisotopic (exact) mass is 332 g/mol. The third kappa shape index (κ3) is 2.91. The molecule has 0 saturated carbocycles. The minimum atomic E-state index is -0.0310. The summed E-state index contributed by atoms with van der Waals surface area (Å²) in [7, 11) is 1.52. The van der Waals surface area contributed by atoms with Gasteiger partial charge in [-0.3, -0.25) is 4.79 Å². The van der Waals surface area contributed by atoms with Crippen LogP contribution in [0, 0.1) is 18.3 Å². The normalized spacial score (nSPS) is 10.1. The lowest BCUT2D eigenvalue weighted by atomic mass is 10.1. The molecule has 1 aromatic heterocycles. The topological polar surface area (TPSA) is 55.0 Å². The van der Waals surface area contributed by atoms with Crippen molar-refractivity contribution in [2.24, 2.45) is 0 Å². The molecule has 0 amide bonds. The fourth-order valence-corrected chi connectivity index (χ4v) is 2.57. The number of aromatic nitrogens is 1. The predicted molar refractivity (Wildman–Crippen MR) is 80.0 cm³/mol. The number of methoxy groups -OCH3 is 1. The molecule has 0 aliphatic heterocycles. The smallest absolute Gasteiger partial charge is 0.253 e. The van der Waals surface area contributed by atoms with E-state index >= 15 is 0 Å². The van der Waals surface area contributed by atoms with Gasteiger partial charge in [0, 0.05) is 16.2 Å². The highest BCUT2D eigenvalue weighted by atomic mass is 79.9. The maximum Gasteiger partial charge on any atom is 0.253 e. The van der Waals surface area contributed by atoms with Crippen LogP contribution in [-0.2, 0) is 6.54 Å². The third-order valence-corrected chi connectivity index (χ3v) is 3.40. The van der Waals surface area contributed by atoms with E-state index < -0.39 is 0 Å². The van der Waals surface area contributed by atoms with Gasteiger partial charge in [0.15, 0.2) is 0 Å². The maximum atomic E-state index is 12.1. The SMILES string of the molecule is COc1cc(Cn2cc(Br)cc(C)c2=O)ccc1C#N. The van der Waals surface area contributed by atoms with Gasteiger partial charge in [0.25, 0.3) is 5.56 Å². The molecule has 0 aliphatic rings. The average molecular weight is 333 g/mol. The van der Waals surface area contributed by atoms with Crippen LogP contribution in [0.1, 0.15) is 16.7 Å². The van der Waals surface area contributed by atoms with Crippen LogP contribution in [0.4, 0.5) is 0 Å². The Morgan fingerprint density at radius 3 is 2.80 bits per heavy atom. The van der Waals surface area contributed by atoms with Gasteiger partial charge in [-0.05, 0) is 46.6 Å². The fraction of sp³-hybridized carbons (Fsp3) is 0.200. The Morgan fingerprint density at radius 1 is 1.40 bits per heavy atom. The molecule has 0 saturated heterocycles. The molecule has 0 fully saturated rings. The minimum Gasteiger partial charge on any atom is -0.495 e. The van der Waals surface area contributed by atoms with Crippen LogP contribution in [-0.4, -0.2) is 11.7 Å². The maximum absolute atomic E-state index is 12.1. The van der Waals surface area contributed by atoms with E-state index in [1.807, 2.05) is 6.07 Å². The molecule has 20 heavy (non-hydrogen) atoms. The van der Waals surface area contributed by atoms with Crippen LogP contribution in [0.5, 0.6) is 5.75 Å². The number of nitriles is 1. The quantitative estimate of drug-likeness (QED) is 0.868. The van der Waals surface area contributed by atoms with E-state index in [9.17, 15) is 4.79 Å². The van der Waals surface area contributed by atoms with Crippen LogP contribution < -0.4 is 10.3 Å². The van der Waals surface area contributed by atoms with Gasteiger partial charge in [0.05, 0.1) is 19.2 Å². The van der Waals surface area contributed by atoms with E-state index in [2.05, 4.69) is 22.0 Å². The van der Waals surface area contributed by atoms with E-state index in [1.54, 1.807) is 35.9 Å². The number of nitrogens with zero attached hydrogens (tertiary/aromatic N) is 2. The van der Waals surface area contributed by atoms with Crippen molar-refractivity contribution in [2.75, 3.05) is 7.11 Å². The summed E-state index contributed by atoms with van der Waals surface area (Å²) >= 11 is 3.38. The zero-order chi connectivity index (χ0) is 14.7. The summed E-state index contributed by atoms with van der Waals surface area (Å²) in [4.78, 5) is 12.1. The lowest BCUT2D eigenvalue weighted by Crippen LogP contribution is -2.22. The van der Waals surface area contributed by atoms with Gasteiger partial charge in [0.1, 0.15) is 11.8 Å². The van der Waals surface area contributed by atoms with Crippen molar-refractivity contribution in [2.45, 2.75) is 13.5 Å². The zero-order valence-electron chi connectivity index (χ0n) is 11.2. The molecule has 0 atom stereocenters. The summed E-state index contributed by atoms with van der Waals surface area (Å²) in [5, 5.41) is 8.96. The highest BCUT2D eigenvalue weighted by Gasteiger charge is 2.06. The number of rotatable bonds is 3. The molecule has 2 rings (SSSR count). The van der Waals surface area contributed by atoms with Gasteiger partial charge >= 0.3 is 0 Å². The van der Waals surface area contributed by atoms with Gasteiger partial charge in [-0.2, -0.15) is 5.26 Å². The molecule has 0 bridgehead atoms. The molecule has 0 radical (unpaired) electrons. The third-order valence-electron chi connectivity index (χ3n) is 2.97. The van der Waals surface area contributed by atoms with Crippen molar-refractivity contribution in [3.05, 3.63) is 62.0 Å². The Balaban J connectivity index is 2.41. The first-order valence-corrected chi connectivity index (χ1v) is 6.78. The number of hydrogen-bond donors (Lipinski definition) is 0. The Kier molecular flexibility index (Phi) is 4.26. The molecular weight excluding hydrogens is 320 g/mol. The standard InChI is InChI=1S/C15H13BrN2O2/c1-10-5-13(16)9-18(15(10)19)8-11-3-4-12(7-17)14(6-11)20-2/h3-6,9H,8H2,1-2H3.